The molecule has 1 amide bonds. The Morgan fingerprint density at radius 1 is 1.32 bits per heavy atom. The van der Waals surface area contributed by atoms with E-state index >= 15 is 0 Å². The first-order chi connectivity index (χ1) is 12.1. The minimum Gasteiger partial charge on any atom is -0.496 e. The van der Waals surface area contributed by atoms with Crippen LogP contribution < -0.4 is 4.74 Å². The van der Waals surface area contributed by atoms with E-state index < -0.39 is 0 Å². The molecule has 25 heavy (non-hydrogen) atoms. The molecule has 0 saturated carbocycles. The highest BCUT2D eigenvalue weighted by molar-refractivity contribution is 5.77. The molecule has 1 fully saturated rings. The van der Waals surface area contributed by atoms with Crippen LogP contribution in [0.25, 0.3) is 0 Å². The number of carbonyl (C=O) groups excluding carboxylic acids is 1. The number of aromatic nitrogens is 2. The molecular formula is C20H27N3O2. The first kappa shape index (κ1) is 17.5. The van der Waals surface area contributed by atoms with Gasteiger partial charge in [0.25, 0.3) is 0 Å². The molecule has 0 bridgehead atoms. The van der Waals surface area contributed by atoms with Crippen LogP contribution >= 0.6 is 0 Å². The van der Waals surface area contributed by atoms with Crippen LogP contribution in [0, 0.1) is 13.8 Å². The van der Waals surface area contributed by atoms with E-state index in [0.29, 0.717) is 6.42 Å². The number of para-hydroxylation sites is 1. The highest BCUT2D eigenvalue weighted by atomic mass is 16.5. The largest absolute Gasteiger partial charge is 0.496 e. The molecule has 1 saturated heterocycles. The maximum Gasteiger partial charge on any atom is 0.223 e. The van der Waals surface area contributed by atoms with Crippen LogP contribution in [0.15, 0.2) is 30.3 Å². The van der Waals surface area contributed by atoms with Gasteiger partial charge in [-0.05, 0) is 45.2 Å². The van der Waals surface area contributed by atoms with Crippen molar-refractivity contribution in [2.24, 2.45) is 0 Å². The number of likely N-dealkylation sites (tertiary alicyclic amines) is 1. The highest BCUT2D eigenvalue weighted by Crippen LogP contribution is 2.37. The number of nitrogens with zero attached hydrogens (tertiary/aromatic N) is 3. The summed E-state index contributed by atoms with van der Waals surface area (Å²) in [6.45, 7) is 5.68. The van der Waals surface area contributed by atoms with Crippen LogP contribution in [0.4, 0.5) is 0 Å². The molecule has 0 aliphatic carbocycles. The van der Waals surface area contributed by atoms with E-state index in [1.54, 1.807) is 7.11 Å². The summed E-state index contributed by atoms with van der Waals surface area (Å²) in [4.78, 5) is 14.8. The lowest BCUT2D eigenvalue weighted by Gasteiger charge is -2.26. The third kappa shape index (κ3) is 3.86. The van der Waals surface area contributed by atoms with Crippen molar-refractivity contribution in [3.63, 3.8) is 0 Å². The van der Waals surface area contributed by atoms with Gasteiger partial charge in [-0.3, -0.25) is 9.48 Å². The van der Waals surface area contributed by atoms with Crippen LogP contribution in [-0.2, 0) is 11.3 Å². The monoisotopic (exact) mass is 341 g/mol. The second-order valence-corrected chi connectivity index (χ2v) is 6.74. The standard InChI is InChI=1S/C20H27N3O2/c1-15-14-16(2)23(21-15)13-7-11-20(24)22-12-6-9-18(22)17-8-4-5-10-19(17)25-3/h4-5,8,10,14,18H,6-7,9,11-13H2,1-3H3/t18-/m1/s1. The van der Waals surface area contributed by atoms with Crippen molar-refractivity contribution in [1.29, 1.82) is 0 Å². The fraction of sp³-hybridized carbons (Fsp3) is 0.500. The molecule has 3 rings (SSSR count). The van der Waals surface area contributed by atoms with Gasteiger partial charge in [-0.15, -0.1) is 0 Å². The van der Waals surface area contributed by atoms with Gasteiger partial charge < -0.3 is 9.64 Å². The van der Waals surface area contributed by atoms with Gasteiger partial charge in [0, 0.05) is 30.8 Å². The molecule has 5 heteroatoms. The Hall–Kier alpha value is -2.30. The highest BCUT2D eigenvalue weighted by Gasteiger charge is 2.31. The van der Waals surface area contributed by atoms with Crippen molar-refractivity contribution >= 4 is 5.91 Å². The van der Waals surface area contributed by atoms with Gasteiger partial charge in [0.2, 0.25) is 5.91 Å². The number of amides is 1. The summed E-state index contributed by atoms with van der Waals surface area (Å²) in [5, 5.41) is 4.47. The van der Waals surface area contributed by atoms with Crippen molar-refractivity contribution in [3.8, 4) is 5.75 Å². The number of benzene rings is 1. The number of methoxy groups -OCH3 is 1. The molecule has 2 aromatic rings. The molecule has 134 valence electrons. The van der Waals surface area contributed by atoms with E-state index in [4.69, 9.17) is 4.74 Å². The first-order valence-corrected chi connectivity index (χ1v) is 9.03. The van der Waals surface area contributed by atoms with E-state index in [2.05, 4.69) is 24.2 Å². The number of rotatable bonds is 6. The lowest BCUT2D eigenvalue weighted by molar-refractivity contribution is -0.132. The second-order valence-electron chi connectivity index (χ2n) is 6.74. The fourth-order valence-electron chi connectivity index (χ4n) is 3.76. The van der Waals surface area contributed by atoms with Gasteiger partial charge in [0.05, 0.1) is 18.8 Å². The molecule has 5 nitrogen and oxygen atoms in total. The maximum atomic E-state index is 12.8. The lowest BCUT2D eigenvalue weighted by atomic mass is 10.0. The molecule has 0 unspecified atom stereocenters. The Morgan fingerprint density at radius 2 is 2.12 bits per heavy atom. The number of hydrogen-bond acceptors (Lipinski definition) is 3. The Balaban J connectivity index is 1.62. The summed E-state index contributed by atoms with van der Waals surface area (Å²) in [6, 6.07) is 10.2. The minimum atomic E-state index is 0.136. The molecule has 1 aliphatic heterocycles. The molecule has 1 aromatic carbocycles. The zero-order chi connectivity index (χ0) is 17.8. The maximum absolute atomic E-state index is 12.8. The van der Waals surface area contributed by atoms with Crippen molar-refractivity contribution in [3.05, 3.63) is 47.3 Å². The summed E-state index contributed by atoms with van der Waals surface area (Å²) in [7, 11) is 1.69. The molecule has 0 radical (unpaired) electrons. The van der Waals surface area contributed by atoms with E-state index in [9.17, 15) is 4.79 Å². The van der Waals surface area contributed by atoms with Crippen LogP contribution in [0.5, 0.6) is 5.75 Å². The van der Waals surface area contributed by atoms with E-state index in [0.717, 1.165) is 55.1 Å². The molecule has 1 aromatic heterocycles. The van der Waals surface area contributed by atoms with Gasteiger partial charge in [0.1, 0.15) is 5.75 Å². The van der Waals surface area contributed by atoms with Crippen LogP contribution in [-0.4, -0.2) is 34.2 Å². The third-order valence-corrected chi connectivity index (χ3v) is 4.93. The number of carbonyl (C=O) groups is 1. The first-order valence-electron chi connectivity index (χ1n) is 9.03. The number of hydrogen-bond donors (Lipinski definition) is 0. The zero-order valence-electron chi connectivity index (χ0n) is 15.4. The SMILES string of the molecule is COc1ccccc1[C@H]1CCCN1C(=O)CCCn1nc(C)cc1C. The van der Waals surface area contributed by atoms with Crippen LogP contribution in [0.2, 0.25) is 0 Å². The van der Waals surface area contributed by atoms with E-state index in [1.165, 1.54) is 0 Å². The quantitative estimate of drug-likeness (QED) is 0.806. The summed E-state index contributed by atoms with van der Waals surface area (Å²) < 4.78 is 7.48. The Labute approximate surface area is 149 Å². The van der Waals surface area contributed by atoms with E-state index in [1.807, 2.05) is 34.7 Å². The van der Waals surface area contributed by atoms with Crippen LogP contribution in [0.3, 0.4) is 0 Å². The Bertz CT molecular complexity index is 738. The average Bonchev–Trinajstić information content (AvgIpc) is 3.21. The molecular weight excluding hydrogens is 314 g/mol. The molecule has 1 atom stereocenters. The summed E-state index contributed by atoms with van der Waals surface area (Å²) in [5.74, 6) is 1.10. The van der Waals surface area contributed by atoms with Crippen molar-refractivity contribution in [2.45, 2.75) is 52.1 Å². The summed E-state index contributed by atoms with van der Waals surface area (Å²) in [5.41, 5.74) is 3.30. The van der Waals surface area contributed by atoms with Crippen molar-refractivity contribution in [1.82, 2.24) is 14.7 Å². The third-order valence-electron chi connectivity index (χ3n) is 4.93. The lowest BCUT2D eigenvalue weighted by Crippen LogP contribution is -2.30. The molecule has 1 aliphatic rings. The number of ether oxygens (including phenoxy) is 1. The molecule has 0 spiro atoms. The van der Waals surface area contributed by atoms with Gasteiger partial charge in [-0.2, -0.15) is 5.10 Å². The smallest absolute Gasteiger partial charge is 0.223 e. The minimum absolute atomic E-state index is 0.136. The van der Waals surface area contributed by atoms with Crippen LogP contribution in [0.1, 0.15) is 48.7 Å². The topological polar surface area (TPSA) is 47.4 Å². The van der Waals surface area contributed by atoms with Gasteiger partial charge in [0.15, 0.2) is 0 Å². The molecule has 0 N–H and O–H groups in total. The Kier molecular flexibility index (Phi) is 5.41. The average molecular weight is 341 g/mol. The molecule has 2 heterocycles. The van der Waals surface area contributed by atoms with Gasteiger partial charge in [-0.1, -0.05) is 18.2 Å². The van der Waals surface area contributed by atoms with Crippen molar-refractivity contribution < 1.29 is 9.53 Å². The fourth-order valence-corrected chi connectivity index (χ4v) is 3.76. The summed E-state index contributed by atoms with van der Waals surface area (Å²) >= 11 is 0. The summed E-state index contributed by atoms with van der Waals surface area (Å²) in [6.07, 6.45) is 3.43. The number of aryl methyl sites for hydroxylation is 3. The zero-order valence-corrected chi connectivity index (χ0v) is 15.4. The van der Waals surface area contributed by atoms with Gasteiger partial charge in [-0.25, -0.2) is 0 Å². The van der Waals surface area contributed by atoms with Crippen molar-refractivity contribution in [2.75, 3.05) is 13.7 Å². The second kappa shape index (κ2) is 7.72. The predicted molar refractivity (Wildman–Crippen MR) is 97.6 cm³/mol. The normalized spacial score (nSPS) is 17.1. The predicted octanol–water partition coefficient (Wildman–Crippen LogP) is 3.65. The van der Waals surface area contributed by atoms with E-state index in [-0.39, 0.29) is 11.9 Å². The Morgan fingerprint density at radius 3 is 2.84 bits per heavy atom. The van der Waals surface area contributed by atoms with Gasteiger partial charge >= 0.3 is 0 Å².